The Morgan fingerprint density at radius 2 is 2.21 bits per heavy atom. The van der Waals surface area contributed by atoms with E-state index >= 15 is 0 Å². The van der Waals surface area contributed by atoms with E-state index in [2.05, 4.69) is 52.6 Å². The van der Waals surface area contributed by atoms with Crippen LogP contribution in [0.5, 0.6) is 0 Å². The minimum atomic E-state index is 0.959. The van der Waals surface area contributed by atoms with Gasteiger partial charge in [0, 0.05) is 15.9 Å². The van der Waals surface area contributed by atoms with Crippen LogP contribution in [0.4, 0.5) is 0 Å². The maximum Gasteiger partial charge on any atom is 0.0314 e. The highest BCUT2D eigenvalue weighted by Crippen LogP contribution is 2.26. The van der Waals surface area contributed by atoms with Crippen molar-refractivity contribution in [2.75, 3.05) is 12.8 Å². The Morgan fingerprint density at radius 3 is 2.79 bits per heavy atom. The standard InChI is InChI=1S/C11H16BrNS/c1-3-6-13-8-9-4-5-11(14-2)10(12)7-9/h4-5,7,13H,3,6,8H2,1-2H3. The molecule has 14 heavy (non-hydrogen) atoms. The Hall–Kier alpha value is 0.01000. The van der Waals surface area contributed by atoms with E-state index < -0.39 is 0 Å². The van der Waals surface area contributed by atoms with Crippen LogP contribution in [-0.4, -0.2) is 12.8 Å². The van der Waals surface area contributed by atoms with Gasteiger partial charge in [-0.3, -0.25) is 0 Å². The van der Waals surface area contributed by atoms with Crippen molar-refractivity contribution in [1.29, 1.82) is 0 Å². The van der Waals surface area contributed by atoms with Crippen molar-refractivity contribution in [1.82, 2.24) is 5.32 Å². The molecule has 0 bridgehead atoms. The number of thioether (sulfide) groups is 1. The Bertz CT molecular complexity index is 289. The lowest BCUT2D eigenvalue weighted by Gasteiger charge is -2.06. The van der Waals surface area contributed by atoms with E-state index in [0.717, 1.165) is 13.1 Å². The highest BCUT2D eigenvalue weighted by atomic mass is 79.9. The quantitative estimate of drug-likeness (QED) is 0.649. The lowest BCUT2D eigenvalue weighted by molar-refractivity contribution is 0.675. The Balaban J connectivity index is 2.57. The first-order valence-electron chi connectivity index (χ1n) is 4.81. The molecule has 0 aromatic heterocycles. The van der Waals surface area contributed by atoms with Gasteiger partial charge < -0.3 is 5.32 Å². The first-order chi connectivity index (χ1) is 6.77. The molecule has 0 spiro atoms. The second-order valence-electron chi connectivity index (χ2n) is 3.15. The number of benzene rings is 1. The number of hydrogen-bond donors (Lipinski definition) is 1. The molecule has 78 valence electrons. The summed E-state index contributed by atoms with van der Waals surface area (Å²) in [5.74, 6) is 0. The fraction of sp³-hybridized carbons (Fsp3) is 0.455. The van der Waals surface area contributed by atoms with Gasteiger partial charge in [0.1, 0.15) is 0 Å². The lowest BCUT2D eigenvalue weighted by atomic mass is 10.2. The molecule has 1 aromatic carbocycles. The molecule has 0 saturated carbocycles. The van der Waals surface area contributed by atoms with Crippen molar-refractivity contribution >= 4 is 27.7 Å². The maximum atomic E-state index is 3.57. The minimum absolute atomic E-state index is 0.959. The van der Waals surface area contributed by atoms with Gasteiger partial charge in [-0.05, 0) is 52.8 Å². The number of rotatable bonds is 5. The summed E-state index contributed by atoms with van der Waals surface area (Å²) in [6.07, 6.45) is 3.28. The molecule has 0 saturated heterocycles. The molecule has 0 amide bonds. The van der Waals surface area contributed by atoms with Crippen molar-refractivity contribution in [3.8, 4) is 0 Å². The number of nitrogens with one attached hydrogen (secondary N) is 1. The van der Waals surface area contributed by atoms with Gasteiger partial charge in [0.2, 0.25) is 0 Å². The normalized spacial score (nSPS) is 10.5. The van der Waals surface area contributed by atoms with Crippen LogP contribution in [0, 0.1) is 0 Å². The molecule has 0 aliphatic carbocycles. The zero-order valence-electron chi connectivity index (χ0n) is 8.64. The van der Waals surface area contributed by atoms with Crippen LogP contribution in [0.15, 0.2) is 27.6 Å². The number of hydrogen-bond acceptors (Lipinski definition) is 2. The second kappa shape index (κ2) is 6.49. The molecule has 0 radical (unpaired) electrons. The van der Waals surface area contributed by atoms with Gasteiger partial charge >= 0.3 is 0 Å². The molecule has 1 aromatic rings. The van der Waals surface area contributed by atoms with E-state index in [1.807, 2.05) is 0 Å². The van der Waals surface area contributed by atoms with Gasteiger partial charge in [-0.2, -0.15) is 0 Å². The molecule has 1 N–H and O–H groups in total. The van der Waals surface area contributed by atoms with Crippen LogP contribution in [0.1, 0.15) is 18.9 Å². The number of halogens is 1. The Kier molecular flexibility index (Phi) is 5.60. The summed E-state index contributed by atoms with van der Waals surface area (Å²) in [4.78, 5) is 1.30. The predicted octanol–water partition coefficient (Wildman–Crippen LogP) is 3.67. The molecule has 0 unspecified atom stereocenters. The molecule has 0 aliphatic heterocycles. The fourth-order valence-electron chi connectivity index (χ4n) is 1.23. The first-order valence-corrected chi connectivity index (χ1v) is 6.82. The van der Waals surface area contributed by atoms with Gasteiger partial charge in [-0.25, -0.2) is 0 Å². The zero-order chi connectivity index (χ0) is 10.4. The van der Waals surface area contributed by atoms with Crippen molar-refractivity contribution in [3.63, 3.8) is 0 Å². The predicted molar refractivity (Wildman–Crippen MR) is 67.9 cm³/mol. The van der Waals surface area contributed by atoms with E-state index in [1.54, 1.807) is 11.8 Å². The summed E-state index contributed by atoms with van der Waals surface area (Å²) in [6, 6.07) is 6.53. The van der Waals surface area contributed by atoms with E-state index in [0.29, 0.717) is 0 Å². The smallest absolute Gasteiger partial charge is 0.0314 e. The second-order valence-corrected chi connectivity index (χ2v) is 4.85. The van der Waals surface area contributed by atoms with Gasteiger partial charge in [0.15, 0.2) is 0 Å². The van der Waals surface area contributed by atoms with Gasteiger partial charge in [-0.1, -0.05) is 13.0 Å². The third-order valence-electron chi connectivity index (χ3n) is 1.97. The molecule has 3 heteroatoms. The van der Waals surface area contributed by atoms with Gasteiger partial charge in [0.25, 0.3) is 0 Å². The Morgan fingerprint density at radius 1 is 1.43 bits per heavy atom. The SMILES string of the molecule is CCCNCc1ccc(SC)c(Br)c1. The summed E-state index contributed by atoms with van der Waals surface area (Å²) in [6.45, 7) is 4.22. The molecule has 0 fully saturated rings. The third kappa shape index (κ3) is 3.64. The molecular weight excluding hydrogens is 258 g/mol. The molecule has 1 nitrogen and oxygen atoms in total. The van der Waals surface area contributed by atoms with E-state index in [-0.39, 0.29) is 0 Å². The topological polar surface area (TPSA) is 12.0 Å². The molecule has 1 rings (SSSR count). The molecule has 0 heterocycles. The van der Waals surface area contributed by atoms with Crippen LogP contribution in [0.3, 0.4) is 0 Å². The van der Waals surface area contributed by atoms with Crippen molar-refractivity contribution in [2.45, 2.75) is 24.8 Å². The molecular formula is C11H16BrNS. The monoisotopic (exact) mass is 273 g/mol. The average molecular weight is 274 g/mol. The van der Waals surface area contributed by atoms with Gasteiger partial charge in [0.05, 0.1) is 0 Å². The van der Waals surface area contributed by atoms with Crippen molar-refractivity contribution in [2.24, 2.45) is 0 Å². The van der Waals surface area contributed by atoms with Crippen molar-refractivity contribution in [3.05, 3.63) is 28.2 Å². The summed E-state index contributed by atoms with van der Waals surface area (Å²) >= 11 is 5.33. The summed E-state index contributed by atoms with van der Waals surface area (Å²) < 4.78 is 1.20. The minimum Gasteiger partial charge on any atom is -0.313 e. The van der Waals surface area contributed by atoms with Crippen LogP contribution < -0.4 is 5.32 Å². The lowest BCUT2D eigenvalue weighted by Crippen LogP contribution is -2.13. The highest BCUT2D eigenvalue weighted by Gasteiger charge is 1.99. The largest absolute Gasteiger partial charge is 0.313 e. The summed E-state index contributed by atoms with van der Waals surface area (Å²) in [5.41, 5.74) is 1.34. The summed E-state index contributed by atoms with van der Waals surface area (Å²) in [7, 11) is 0. The van der Waals surface area contributed by atoms with Crippen LogP contribution in [-0.2, 0) is 6.54 Å². The van der Waals surface area contributed by atoms with E-state index in [4.69, 9.17) is 0 Å². The Labute approximate surface area is 98.8 Å². The van der Waals surface area contributed by atoms with Gasteiger partial charge in [-0.15, -0.1) is 11.8 Å². The van der Waals surface area contributed by atoms with E-state index in [1.165, 1.54) is 21.4 Å². The third-order valence-corrected chi connectivity index (χ3v) is 3.69. The van der Waals surface area contributed by atoms with E-state index in [9.17, 15) is 0 Å². The molecule has 0 aliphatic rings. The van der Waals surface area contributed by atoms with Crippen molar-refractivity contribution < 1.29 is 0 Å². The molecule has 0 atom stereocenters. The first kappa shape index (κ1) is 12.1. The fourth-order valence-corrected chi connectivity index (χ4v) is 2.60. The average Bonchev–Trinajstić information content (AvgIpc) is 2.18. The highest BCUT2D eigenvalue weighted by molar-refractivity contribution is 9.10. The maximum absolute atomic E-state index is 3.57. The van der Waals surface area contributed by atoms with Crippen LogP contribution >= 0.6 is 27.7 Å². The van der Waals surface area contributed by atoms with Crippen LogP contribution in [0.25, 0.3) is 0 Å². The summed E-state index contributed by atoms with van der Waals surface area (Å²) in [5, 5.41) is 3.39. The zero-order valence-corrected chi connectivity index (χ0v) is 11.0. The van der Waals surface area contributed by atoms with Crippen LogP contribution in [0.2, 0.25) is 0 Å².